The van der Waals surface area contributed by atoms with Crippen LogP contribution in [0.15, 0.2) is 11.5 Å². The van der Waals surface area contributed by atoms with Crippen molar-refractivity contribution in [2.75, 3.05) is 19.8 Å². The van der Waals surface area contributed by atoms with Crippen molar-refractivity contribution >= 4 is 7.12 Å². The Morgan fingerprint density at radius 1 is 1.12 bits per heavy atom. The molecule has 94 valence electrons. The minimum absolute atomic E-state index is 0.0266. The Kier molecular flexibility index (Phi) is 2.31. The molecule has 17 heavy (non-hydrogen) atoms. The number of nitrogens with one attached hydrogen (secondary N) is 1. The Balaban J connectivity index is 1.83. The standard InChI is InChI=1S/C12H20BNO3/c1-10(2)11(3,4)17-13(16-10)9-5-6-14-12(9)7-15-8-12/h5,14H,6-8H2,1-4H3. The van der Waals surface area contributed by atoms with E-state index in [1.165, 1.54) is 5.47 Å². The lowest BCUT2D eigenvalue weighted by Gasteiger charge is -2.41. The van der Waals surface area contributed by atoms with Gasteiger partial charge in [0.2, 0.25) is 0 Å². The number of hydrogen-bond acceptors (Lipinski definition) is 4. The van der Waals surface area contributed by atoms with Gasteiger partial charge in [-0.25, -0.2) is 0 Å². The summed E-state index contributed by atoms with van der Waals surface area (Å²) in [5, 5.41) is 3.47. The minimum Gasteiger partial charge on any atom is -0.400 e. The number of hydrogen-bond donors (Lipinski definition) is 1. The molecular weight excluding hydrogens is 217 g/mol. The van der Waals surface area contributed by atoms with Gasteiger partial charge in [0, 0.05) is 6.54 Å². The van der Waals surface area contributed by atoms with E-state index < -0.39 is 0 Å². The van der Waals surface area contributed by atoms with Gasteiger partial charge in [-0.2, -0.15) is 0 Å². The summed E-state index contributed by atoms with van der Waals surface area (Å²) < 4.78 is 17.5. The lowest BCUT2D eigenvalue weighted by atomic mass is 9.67. The highest BCUT2D eigenvalue weighted by atomic mass is 16.7. The maximum atomic E-state index is 6.09. The Bertz CT molecular complexity index is 358. The summed E-state index contributed by atoms with van der Waals surface area (Å²) in [4.78, 5) is 0. The quantitative estimate of drug-likeness (QED) is 0.688. The summed E-state index contributed by atoms with van der Waals surface area (Å²) in [6.45, 7) is 10.7. The molecule has 3 aliphatic rings. The van der Waals surface area contributed by atoms with E-state index in [0.29, 0.717) is 0 Å². The number of rotatable bonds is 1. The van der Waals surface area contributed by atoms with Gasteiger partial charge in [0.25, 0.3) is 0 Å². The second-order valence-electron chi connectivity index (χ2n) is 6.20. The third-order valence-corrected chi connectivity index (χ3v) is 4.52. The van der Waals surface area contributed by atoms with Crippen molar-refractivity contribution in [1.82, 2.24) is 5.32 Å². The Morgan fingerprint density at radius 3 is 2.18 bits per heavy atom. The molecule has 3 rings (SSSR count). The summed E-state index contributed by atoms with van der Waals surface area (Å²) >= 11 is 0. The van der Waals surface area contributed by atoms with Crippen LogP contribution in [-0.4, -0.2) is 43.6 Å². The molecule has 0 bridgehead atoms. The van der Waals surface area contributed by atoms with E-state index in [1.807, 2.05) is 0 Å². The molecule has 0 saturated carbocycles. The van der Waals surface area contributed by atoms with Gasteiger partial charge in [-0.3, -0.25) is 0 Å². The van der Waals surface area contributed by atoms with E-state index in [4.69, 9.17) is 14.0 Å². The molecule has 0 aromatic carbocycles. The summed E-state index contributed by atoms with van der Waals surface area (Å²) in [5.74, 6) is 0. The maximum absolute atomic E-state index is 6.09. The molecule has 1 spiro atoms. The fourth-order valence-corrected chi connectivity index (χ4v) is 2.52. The summed E-state index contributed by atoms with van der Waals surface area (Å²) in [7, 11) is -0.237. The summed E-state index contributed by atoms with van der Waals surface area (Å²) in [5.41, 5.74) is 0.642. The zero-order chi connectivity index (χ0) is 12.3. The van der Waals surface area contributed by atoms with Crippen LogP contribution in [0.3, 0.4) is 0 Å². The SMILES string of the molecule is CC1(C)OB(C2=CCNC23COC3)OC1(C)C. The molecule has 2 saturated heterocycles. The molecule has 4 nitrogen and oxygen atoms in total. The first-order valence-electron chi connectivity index (χ1n) is 6.25. The fraction of sp³-hybridized carbons (Fsp3) is 0.833. The molecule has 0 radical (unpaired) electrons. The molecule has 3 heterocycles. The normalized spacial score (nSPS) is 32.7. The van der Waals surface area contributed by atoms with Crippen LogP contribution >= 0.6 is 0 Å². The minimum atomic E-state index is -0.271. The fourth-order valence-electron chi connectivity index (χ4n) is 2.52. The van der Waals surface area contributed by atoms with Crippen molar-refractivity contribution in [2.45, 2.75) is 44.4 Å². The molecule has 2 fully saturated rings. The zero-order valence-electron chi connectivity index (χ0n) is 11.0. The van der Waals surface area contributed by atoms with Gasteiger partial charge in [0.05, 0.1) is 30.0 Å². The van der Waals surface area contributed by atoms with E-state index in [0.717, 1.165) is 19.8 Å². The molecular formula is C12H20BNO3. The smallest absolute Gasteiger partial charge is 0.400 e. The van der Waals surface area contributed by atoms with Gasteiger partial charge in [-0.05, 0) is 33.2 Å². The Morgan fingerprint density at radius 2 is 1.71 bits per heavy atom. The first kappa shape index (κ1) is 11.7. The number of ether oxygens (including phenoxy) is 1. The third kappa shape index (κ3) is 1.53. The van der Waals surface area contributed by atoms with E-state index in [9.17, 15) is 0 Å². The van der Waals surface area contributed by atoms with Crippen LogP contribution < -0.4 is 5.32 Å². The van der Waals surface area contributed by atoms with Gasteiger partial charge in [-0.15, -0.1) is 0 Å². The third-order valence-electron chi connectivity index (χ3n) is 4.52. The lowest BCUT2D eigenvalue weighted by molar-refractivity contribution is -0.0463. The monoisotopic (exact) mass is 237 g/mol. The van der Waals surface area contributed by atoms with Crippen molar-refractivity contribution in [3.05, 3.63) is 11.5 Å². The highest BCUT2D eigenvalue weighted by molar-refractivity contribution is 6.55. The Hall–Kier alpha value is -0.355. The highest BCUT2D eigenvalue weighted by Crippen LogP contribution is 2.42. The van der Waals surface area contributed by atoms with Crippen LogP contribution in [0, 0.1) is 0 Å². The van der Waals surface area contributed by atoms with Crippen LogP contribution in [0.25, 0.3) is 0 Å². The van der Waals surface area contributed by atoms with Crippen LogP contribution in [0.1, 0.15) is 27.7 Å². The van der Waals surface area contributed by atoms with Gasteiger partial charge in [-0.1, -0.05) is 6.08 Å². The first-order valence-corrected chi connectivity index (χ1v) is 6.25. The highest BCUT2D eigenvalue weighted by Gasteiger charge is 2.58. The first-order chi connectivity index (χ1) is 7.86. The largest absolute Gasteiger partial charge is 0.492 e. The molecule has 0 aromatic heterocycles. The molecule has 0 aromatic rings. The second-order valence-corrected chi connectivity index (χ2v) is 6.20. The van der Waals surface area contributed by atoms with Crippen LogP contribution in [0.5, 0.6) is 0 Å². The van der Waals surface area contributed by atoms with Gasteiger partial charge >= 0.3 is 7.12 Å². The molecule has 0 amide bonds. The van der Waals surface area contributed by atoms with Gasteiger partial charge < -0.3 is 19.4 Å². The van der Waals surface area contributed by atoms with Crippen molar-refractivity contribution in [1.29, 1.82) is 0 Å². The Labute approximate surface area is 103 Å². The van der Waals surface area contributed by atoms with Crippen molar-refractivity contribution in [3.8, 4) is 0 Å². The summed E-state index contributed by atoms with van der Waals surface area (Å²) in [6.07, 6.45) is 2.19. The predicted octanol–water partition coefficient (Wildman–Crippen LogP) is 0.916. The average Bonchev–Trinajstić information content (AvgIpc) is 2.65. The van der Waals surface area contributed by atoms with Crippen molar-refractivity contribution in [3.63, 3.8) is 0 Å². The molecule has 0 atom stereocenters. The van der Waals surface area contributed by atoms with Gasteiger partial charge in [0.15, 0.2) is 0 Å². The topological polar surface area (TPSA) is 39.7 Å². The summed E-state index contributed by atoms with van der Waals surface area (Å²) in [6, 6.07) is 0. The van der Waals surface area contributed by atoms with Crippen LogP contribution in [-0.2, 0) is 14.0 Å². The zero-order valence-corrected chi connectivity index (χ0v) is 11.0. The van der Waals surface area contributed by atoms with Crippen LogP contribution in [0.4, 0.5) is 0 Å². The lowest BCUT2D eigenvalue weighted by Crippen LogP contribution is -2.61. The van der Waals surface area contributed by atoms with E-state index in [2.05, 4.69) is 39.1 Å². The molecule has 0 unspecified atom stereocenters. The molecule has 3 aliphatic heterocycles. The maximum Gasteiger partial charge on any atom is 0.492 e. The molecule has 1 N–H and O–H groups in total. The molecule has 0 aliphatic carbocycles. The van der Waals surface area contributed by atoms with Gasteiger partial charge in [0.1, 0.15) is 0 Å². The average molecular weight is 237 g/mol. The van der Waals surface area contributed by atoms with Crippen LogP contribution in [0.2, 0.25) is 0 Å². The van der Waals surface area contributed by atoms with Crippen molar-refractivity contribution in [2.24, 2.45) is 0 Å². The van der Waals surface area contributed by atoms with E-state index >= 15 is 0 Å². The predicted molar refractivity (Wildman–Crippen MR) is 65.7 cm³/mol. The van der Waals surface area contributed by atoms with Crippen molar-refractivity contribution < 1.29 is 14.0 Å². The van der Waals surface area contributed by atoms with E-state index in [1.54, 1.807) is 0 Å². The van der Waals surface area contributed by atoms with E-state index in [-0.39, 0.29) is 23.9 Å². The second kappa shape index (κ2) is 3.35. The molecule has 5 heteroatoms.